The fourth-order valence-corrected chi connectivity index (χ4v) is 1.83. The van der Waals surface area contributed by atoms with Crippen molar-refractivity contribution in [2.45, 2.75) is 0 Å². The molecule has 0 radical (unpaired) electrons. The number of nitrogens with one attached hydrogen (secondary N) is 1. The van der Waals surface area contributed by atoms with Crippen LogP contribution in [0.15, 0.2) is 42.5 Å². The van der Waals surface area contributed by atoms with E-state index >= 15 is 0 Å². The fourth-order valence-electron chi connectivity index (χ4n) is 1.83. The Balaban J connectivity index is 2.48. The van der Waals surface area contributed by atoms with E-state index in [1.165, 1.54) is 19.2 Å². The van der Waals surface area contributed by atoms with Gasteiger partial charge < -0.3 is 15.2 Å². The number of benzene rings is 2. The van der Waals surface area contributed by atoms with E-state index in [0.29, 0.717) is 11.4 Å². The highest BCUT2D eigenvalue weighted by Gasteiger charge is 2.16. The molecule has 0 spiro atoms. The minimum absolute atomic E-state index is 0.0634. The van der Waals surface area contributed by atoms with Crippen molar-refractivity contribution in [2.75, 3.05) is 12.4 Å². The normalized spacial score (nSPS) is 9.95. The Morgan fingerprint density at radius 3 is 2.57 bits per heavy atom. The largest absolute Gasteiger partial charge is 0.495 e. The second kappa shape index (κ2) is 5.91. The van der Waals surface area contributed by atoms with Gasteiger partial charge in [0.05, 0.1) is 29.0 Å². The minimum Gasteiger partial charge on any atom is -0.495 e. The topological polar surface area (TPSA) is 102 Å². The number of aromatic carboxylic acids is 1. The molecule has 0 atom stereocenters. The molecular formula is C14H12N2O5. The molecule has 0 heterocycles. The highest BCUT2D eigenvalue weighted by atomic mass is 16.6. The van der Waals surface area contributed by atoms with E-state index in [4.69, 9.17) is 9.84 Å². The molecule has 0 saturated heterocycles. The average Bonchev–Trinajstić information content (AvgIpc) is 2.47. The first-order valence-corrected chi connectivity index (χ1v) is 5.94. The third kappa shape index (κ3) is 3.08. The number of hydrogen-bond donors (Lipinski definition) is 2. The van der Waals surface area contributed by atoms with Crippen molar-refractivity contribution in [1.82, 2.24) is 0 Å². The maximum absolute atomic E-state index is 11.2. The second-order valence-corrected chi connectivity index (χ2v) is 4.12. The van der Waals surface area contributed by atoms with Gasteiger partial charge in [-0.15, -0.1) is 0 Å². The summed E-state index contributed by atoms with van der Waals surface area (Å²) in [6, 6.07) is 10.4. The van der Waals surface area contributed by atoms with Crippen LogP contribution in [0.2, 0.25) is 0 Å². The maximum Gasteiger partial charge on any atom is 0.337 e. The zero-order valence-corrected chi connectivity index (χ0v) is 11.1. The van der Waals surface area contributed by atoms with Gasteiger partial charge in [0.1, 0.15) is 5.75 Å². The van der Waals surface area contributed by atoms with Crippen molar-refractivity contribution in [2.24, 2.45) is 0 Å². The first-order valence-electron chi connectivity index (χ1n) is 5.94. The van der Waals surface area contributed by atoms with Gasteiger partial charge in [0.2, 0.25) is 0 Å². The van der Waals surface area contributed by atoms with Crippen LogP contribution < -0.4 is 10.1 Å². The fraction of sp³-hybridized carbons (Fsp3) is 0.0714. The third-order valence-electron chi connectivity index (χ3n) is 2.82. The van der Waals surface area contributed by atoms with E-state index in [-0.39, 0.29) is 16.9 Å². The number of carboxylic acids is 1. The highest BCUT2D eigenvalue weighted by Crippen LogP contribution is 2.30. The molecule has 0 aliphatic carbocycles. The molecule has 108 valence electrons. The lowest BCUT2D eigenvalue weighted by atomic mass is 10.1. The van der Waals surface area contributed by atoms with E-state index in [0.717, 1.165) is 6.07 Å². The number of non-ortho nitro benzene ring substituents is 1. The number of nitrogens with zero attached hydrogens (tertiary/aromatic N) is 1. The zero-order valence-electron chi connectivity index (χ0n) is 11.1. The number of nitro benzene ring substituents is 1. The first kappa shape index (κ1) is 14.3. The van der Waals surface area contributed by atoms with Crippen LogP contribution in [-0.2, 0) is 0 Å². The summed E-state index contributed by atoms with van der Waals surface area (Å²) in [5.41, 5.74) is 0.383. The molecule has 0 saturated carbocycles. The Hall–Kier alpha value is -3.09. The number of carbonyl (C=O) groups is 1. The SMILES string of the molecule is COc1ccccc1Nc1cc([N+](=O)[O-])ccc1C(=O)O. The number of rotatable bonds is 5. The van der Waals surface area contributed by atoms with Crippen molar-refractivity contribution < 1.29 is 19.6 Å². The molecule has 2 N–H and O–H groups in total. The molecule has 2 aromatic carbocycles. The smallest absolute Gasteiger partial charge is 0.337 e. The van der Waals surface area contributed by atoms with Crippen molar-refractivity contribution in [3.63, 3.8) is 0 Å². The van der Waals surface area contributed by atoms with E-state index in [1.807, 2.05) is 0 Å². The summed E-state index contributed by atoms with van der Waals surface area (Å²) >= 11 is 0. The summed E-state index contributed by atoms with van der Waals surface area (Å²) in [5, 5.41) is 22.8. The number of para-hydroxylation sites is 2. The van der Waals surface area contributed by atoms with Crippen LogP contribution in [0.3, 0.4) is 0 Å². The average molecular weight is 288 g/mol. The highest BCUT2D eigenvalue weighted by molar-refractivity contribution is 5.96. The van der Waals surface area contributed by atoms with Gasteiger partial charge in [0, 0.05) is 12.1 Å². The van der Waals surface area contributed by atoms with Crippen molar-refractivity contribution in [1.29, 1.82) is 0 Å². The Morgan fingerprint density at radius 1 is 1.24 bits per heavy atom. The van der Waals surface area contributed by atoms with Gasteiger partial charge in [-0.25, -0.2) is 4.79 Å². The van der Waals surface area contributed by atoms with Gasteiger partial charge in [-0.2, -0.15) is 0 Å². The van der Waals surface area contributed by atoms with Gasteiger partial charge in [-0.3, -0.25) is 10.1 Å². The van der Waals surface area contributed by atoms with Crippen molar-refractivity contribution in [3.05, 3.63) is 58.1 Å². The zero-order chi connectivity index (χ0) is 15.4. The summed E-state index contributed by atoms with van der Waals surface area (Å²) in [4.78, 5) is 21.4. The summed E-state index contributed by atoms with van der Waals surface area (Å²) in [5.74, 6) is -0.678. The number of carboxylic acid groups (broad SMARTS) is 1. The molecule has 2 aromatic rings. The van der Waals surface area contributed by atoms with Crippen LogP contribution in [0, 0.1) is 10.1 Å². The Labute approximate surface area is 119 Å². The minimum atomic E-state index is -1.18. The van der Waals surface area contributed by atoms with Gasteiger partial charge in [-0.1, -0.05) is 12.1 Å². The van der Waals surface area contributed by atoms with Gasteiger partial charge in [0.25, 0.3) is 5.69 Å². The van der Waals surface area contributed by atoms with E-state index < -0.39 is 10.9 Å². The van der Waals surface area contributed by atoms with E-state index in [2.05, 4.69) is 5.32 Å². The summed E-state index contributed by atoms with van der Waals surface area (Å²) < 4.78 is 5.15. The molecule has 0 bridgehead atoms. The van der Waals surface area contributed by atoms with Gasteiger partial charge >= 0.3 is 5.97 Å². The molecule has 0 aliphatic heterocycles. The lowest BCUT2D eigenvalue weighted by Crippen LogP contribution is -2.04. The van der Waals surface area contributed by atoms with Crippen LogP contribution >= 0.6 is 0 Å². The summed E-state index contributed by atoms with van der Waals surface area (Å²) in [7, 11) is 1.48. The predicted molar refractivity (Wildman–Crippen MR) is 76.3 cm³/mol. The first-order chi connectivity index (χ1) is 10.0. The monoisotopic (exact) mass is 288 g/mol. The standard InChI is InChI=1S/C14H12N2O5/c1-21-13-5-3-2-4-11(13)15-12-8-9(16(19)20)6-7-10(12)14(17)18/h2-8,15H,1H3,(H,17,18). The maximum atomic E-state index is 11.2. The molecule has 21 heavy (non-hydrogen) atoms. The Kier molecular flexibility index (Phi) is 4.03. The van der Waals surface area contributed by atoms with Crippen LogP contribution in [0.5, 0.6) is 5.75 Å². The Morgan fingerprint density at radius 2 is 1.95 bits per heavy atom. The number of methoxy groups -OCH3 is 1. The molecule has 0 aromatic heterocycles. The molecule has 2 rings (SSSR count). The number of anilines is 2. The molecule has 7 heteroatoms. The molecule has 7 nitrogen and oxygen atoms in total. The lowest BCUT2D eigenvalue weighted by Gasteiger charge is -2.12. The van der Waals surface area contributed by atoms with Gasteiger partial charge in [-0.05, 0) is 18.2 Å². The summed E-state index contributed by atoms with van der Waals surface area (Å²) in [6.07, 6.45) is 0. The number of ether oxygens (including phenoxy) is 1. The molecule has 0 fully saturated rings. The van der Waals surface area contributed by atoms with Gasteiger partial charge in [0.15, 0.2) is 0 Å². The molecular weight excluding hydrogens is 276 g/mol. The van der Waals surface area contributed by atoms with Crippen LogP contribution in [-0.4, -0.2) is 23.1 Å². The quantitative estimate of drug-likeness (QED) is 0.647. The second-order valence-electron chi connectivity index (χ2n) is 4.12. The van der Waals surface area contributed by atoms with Crippen molar-refractivity contribution >= 4 is 23.0 Å². The van der Waals surface area contributed by atoms with E-state index in [1.54, 1.807) is 24.3 Å². The van der Waals surface area contributed by atoms with E-state index in [9.17, 15) is 14.9 Å². The van der Waals surface area contributed by atoms with Crippen molar-refractivity contribution in [3.8, 4) is 5.75 Å². The number of hydrogen-bond acceptors (Lipinski definition) is 5. The molecule has 0 aliphatic rings. The third-order valence-corrected chi connectivity index (χ3v) is 2.82. The molecule has 0 amide bonds. The summed E-state index contributed by atoms with van der Waals surface area (Å²) in [6.45, 7) is 0. The van der Waals surface area contributed by atoms with Crippen LogP contribution in [0.25, 0.3) is 0 Å². The number of nitro groups is 1. The lowest BCUT2D eigenvalue weighted by molar-refractivity contribution is -0.384. The predicted octanol–water partition coefficient (Wildman–Crippen LogP) is 3.05. The molecule has 0 unspecified atom stereocenters. The Bertz CT molecular complexity index is 700. The van der Waals surface area contributed by atoms with Crippen LogP contribution in [0.1, 0.15) is 10.4 Å². The van der Waals surface area contributed by atoms with Crippen LogP contribution in [0.4, 0.5) is 17.1 Å².